The van der Waals surface area contributed by atoms with Crippen molar-refractivity contribution in [2.75, 3.05) is 42.7 Å². The second-order valence-corrected chi connectivity index (χ2v) is 10.1. The SMILES string of the molecule is Nc1cccc(F)c1NC(=O)c1ccc(Nc2nc(-c3cnc4c(CN5CCOCC5)cccn34)cs2)c(F)c1. The molecule has 5 aromatic rings. The molecule has 0 spiro atoms. The van der Waals surface area contributed by atoms with E-state index in [0.29, 0.717) is 10.8 Å². The zero-order valence-electron chi connectivity index (χ0n) is 21.2. The molecule has 40 heavy (non-hydrogen) atoms. The van der Waals surface area contributed by atoms with E-state index in [1.54, 1.807) is 6.20 Å². The lowest BCUT2D eigenvalue weighted by Crippen LogP contribution is -2.35. The fraction of sp³-hybridized carbons (Fsp3) is 0.179. The van der Waals surface area contributed by atoms with Crippen molar-refractivity contribution in [1.82, 2.24) is 19.3 Å². The molecular weight excluding hydrogens is 536 g/mol. The maximum Gasteiger partial charge on any atom is 0.255 e. The van der Waals surface area contributed by atoms with Gasteiger partial charge in [-0.15, -0.1) is 11.3 Å². The Bertz CT molecular complexity index is 1680. The maximum absolute atomic E-state index is 14.9. The first-order chi connectivity index (χ1) is 19.5. The summed E-state index contributed by atoms with van der Waals surface area (Å²) < 4.78 is 36.4. The Morgan fingerprint density at radius 1 is 1.10 bits per heavy atom. The minimum absolute atomic E-state index is 0.0177. The van der Waals surface area contributed by atoms with Crippen LogP contribution in [0.3, 0.4) is 0 Å². The number of benzene rings is 2. The van der Waals surface area contributed by atoms with Gasteiger partial charge in [-0.2, -0.15) is 0 Å². The lowest BCUT2D eigenvalue weighted by Gasteiger charge is -2.26. The van der Waals surface area contributed by atoms with Gasteiger partial charge in [0.25, 0.3) is 5.91 Å². The molecule has 204 valence electrons. The van der Waals surface area contributed by atoms with E-state index < -0.39 is 17.5 Å². The summed E-state index contributed by atoms with van der Waals surface area (Å²) in [6.07, 6.45) is 3.73. The third-order valence-corrected chi connectivity index (χ3v) is 7.40. The van der Waals surface area contributed by atoms with Gasteiger partial charge in [0.1, 0.15) is 28.7 Å². The van der Waals surface area contributed by atoms with Crippen LogP contribution in [0.25, 0.3) is 17.0 Å². The first-order valence-electron chi connectivity index (χ1n) is 12.6. The second-order valence-electron chi connectivity index (χ2n) is 9.27. The lowest BCUT2D eigenvalue weighted by molar-refractivity contribution is 0.0343. The molecular formula is C28H25F2N7O2S. The third kappa shape index (κ3) is 5.24. The number of carbonyl (C=O) groups excluding carboxylic acids is 1. The Balaban J connectivity index is 1.17. The van der Waals surface area contributed by atoms with Crippen molar-refractivity contribution in [1.29, 1.82) is 0 Å². The van der Waals surface area contributed by atoms with Crippen molar-refractivity contribution in [2.45, 2.75) is 6.54 Å². The molecule has 0 saturated carbocycles. The number of anilines is 4. The number of morpholine rings is 1. The second kappa shape index (κ2) is 11.0. The van der Waals surface area contributed by atoms with Crippen LogP contribution in [0.15, 0.2) is 66.3 Å². The minimum atomic E-state index is -0.681. The zero-order valence-corrected chi connectivity index (χ0v) is 22.0. The van der Waals surface area contributed by atoms with Crippen LogP contribution in [-0.2, 0) is 11.3 Å². The number of hydrogen-bond acceptors (Lipinski definition) is 8. The number of nitrogens with two attached hydrogens (primary N) is 1. The van der Waals surface area contributed by atoms with Gasteiger partial charge in [-0.25, -0.2) is 18.7 Å². The van der Waals surface area contributed by atoms with Crippen LogP contribution in [0, 0.1) is 11.6 Å². The quantitative estimate of drug-likeness (QED) is 0.236. The molecule has 0 bridgehead atoms. The number of nitrogen functional groups attached to an aromatic ring is 1. The highest BCUT2D eigenvalue weighted by Gasteiger charge is 2.18. The fourth-order valence-electron chi connectivity index (χ4n) is 4.56. The Labute approximate surface area is 232 Å². The van der Waals surface area contributed by atoms with Gasteiger partial charge in [0.2, 0.25) is 0 Å². The molecule has 0 aliphatic carbocycles. The van der Waals surface area contributed by atoms with E-state index in [1.165, 1.54) is 41.7 Å². The number of ether oxygens (including phenoxy) is 1. The Morgan fingerprint density at radius 2 is 1.95 bits per heavy atom. The molecule has 4 heterocycles. The monoisotopic (exact) mass is 561 g/mol. The van der Waals surface area contributed by atoms with Gasteiger partial charge >= 0.3 is 0 Å². The Kier molecular flexibility index (Phi) is 7.11. The Morgan fingerprint density at radius 3 is 2.75 bits per heavy atom. The van der Waals surface area contributed by atoms with Gasteiger partial charge in [0.15, 0.2) is 5.13 Å². The number of pyridine rings is 1. The molecule has 9 nitrogen and oxygen atoms in total. The van der Waals surface area contributed by atoms with Crippen LogP contribution < -0.4 is 16.4 Å². The van der Waals surface area contributed by atoms with Crippen LogP contribution >= 0.6 is 11.3 Å². The standard InChI is InChI=1S/C28H25F2N7O2S/c29-19-4-1-5-21(31)25(19)35-27(38)17-6-7-22(20(30)13-17)33-28-34-23(16-40-28)24-14-32-26-18(3-2-8-37(24)26)15-36-9-11-39-12-10-36/h1-8,13-14,16H,9-12,15,31H2,(H,33,34)(H,35,38). The highest BCUT2D eigenvalue weighted by molar-refractivity contribution is 7.14. The van der Waals surface area contributed by atoms with Gasteiger partial charge in [-0.1, -0.05) is 12.1 Å². The van der Waals surface area contributed by atoms with Crippen LogP contribution in [-0.4, -0.2) is 51.5 Å². The van der Waals surface area contributed by atoms with E-state index in [9.17, 15) is 13.6 Å². The zero-order chi connectivity index (χ0) is 27.6. The molecule has 1 aliphatic rings. The van der Waals surface area contributed by atoms with Crippen LogP contribution in [0.2, 0.25) is 0 Å². The topological polar surface area (TPSA) is 110 Å². The van der Waals surface area contributed by atoms with E-state index in [1.807, 2.05) is 22.0 Å². The van der Waals surface area contributed by atoms with Crippen molar-refractivity contribution in [3.05, 3.63) is 89.1 Å². The van der Waals surface area contributed by atoms with Crippen molar-refractivity contribution in [3.63, 3.8) is 0 Å². The number of carbonyl (C=O) groups is 1. The van der Waals surface area contributed by atoms with E-state index in [2.05, 4.69) is 31.6 Å². The minimum Gasteiger partial charge on any atom is -0.397 e. The van der Waals surface area contributed by atoms with Gasteiger partial charge in [0.05, 0.1) is 36.5 Å². The van der Waals surface area contributed by atoms with Gasteiger partial charge in [-0.05, 0) is 36.4 Å². The molecule has 1 amide bonds. The molecule has 2 aromatic carbocycles. The fourth-order valence-corrected chi connectivity index (χ4v) is 5.28. The lowest BCUT2D eigenvalue weighted by atomic mass is 10.1. The van der Waals surface area contributed by atoms with Crippen molar-refractivity contribution in [2.24, 2.45) is 0 Å². The third-order valence-electron chi connectivity index (χ3n) is 6.64. The molecule has 1 fully saturated rings. The van der Waals surface area contributed by atoms with Gasteiger partial charge < -0.3 is 21.1 Å². The van der Waals surface area contributed by atoms with E-state index in [0.717, 1.165) is 55.8 Å². The number of fused-ring (bicyclic) bond motifs is 1. The summed E-state index contributed by atoms with van der Waals surface area (Å²) in [5.41, 5.74) is 9.34. The molecule has 1 saturated heterocycles. The average Bonchev–Trinajstić information content (AvgIpc) is 3.60. The van der Waals surface area contributed by atoms with Gasteiger partial charge in [-0.3, -0.25) is 14.1 Å². The van der Waals surface area contributed by atoms with E-state index in [-0.39, 0.29) is 22.6 Å². The highest BCUT2D eigenvalue weighted by Crippen LogP contribution is 2.30. The summed E-state index contributed by atoms with van der Waals surface area (Å²) in [7, 11) is 0. The maximum atomic E-state index is 14.9. The summed E-state index contributed by atoms with van der Waals surface area (Å²) >= 11 is 1.32. The normalized spacial score (nSPS) is 13.9. The molecule has 4 N–H and O–H groups in total. The number of imidazole rings is 1. The Hall–Kier alpha value is -4.39. The predicted molar refractivity (Wildman–Crippen MR) is 151 cm³/mol. The number of para-hydroxylation sites is 1. The summed E-state index contributed by atoms with van der Waals surface area (Å²) in [5, 5.41) is 7.72. The number of amides is 1. The molecule has 3 aromatic heterocycles. The van der Waals surface area contributed by atoms with E-state index in [4.69, 9.17) is 10.5 Å². The molecule has 6 rings (SSSR count). The molecule has 0 radical (unpaired) electrons. The van der Waals surface area contributed by atoms with Crippen molar-refractivity contribution < 1.29 is 18.3 Å². The predicted octanol–water partition coefficient (Wildman–Crippen LogP) is 5.15. The molecule has 0 atom stereocenters. The van der Waals surface area contributed by atoms with Crippen LogP contribution in [0.1, 0.15) is 15.9 Å². The summed E-state index contributed by atoms with van der Waals surface area (Å²) in [6.45, 7) is 4.03. The van der Waals surface area contributed by atoms with Gasteiger partial charge in [0, 0.05) is 42.3 Å². The molecule has 12 heteroatoms. The van der Waals surface area contributed by atoms with Crippen molar-refractivity contribution in [3.8, 4) is 11.4 Å². The number of halogens is 2. The van der Waals surface area contributed by atoms with Crippen molar-refractivity contribution >= 4 is 45.1 Å². The average molecular weight is 562 g/mol. The van der Waals surface area contributed by atoms with Crippen LogP contribution in [0.5, 0.6) is 0 Å². The number of hydrogen-bond donors (Lipinski definition) is 3. The number of nitrogens with one attached hydrogen (secondary N) is 2. The first kappa shape index (κ1) is 25.9. The molecule has 0 unspecified atom stereocenters. The number of rotatable bonds is 7. The highest BCUT2D eigenvalue weighted by atomic mass is 32.1. The number of nitrogens with zero attached hydrogens (tertiary/aromatic N) is 4. The number of aromatic nitrogens is 3. The number of thiazole rings is 1. The largest absolute Gasteiger partial charge is 0.397 e. The molecule has 1 aliphatic heterocycles. The first-order valence-corrected chi connectivity index (χ1v) is 13.5. The van der Waals surface area contributed by atoms with Crippen LogP contribution in [0.4, 0.5) is 31.0 Å². The summed E-state index contributed by atoms with van der Waals surface area (Å²) in [6, 6.07) is 12.1. The van der Waals surface area contributed by atoms with E-state index >= 15 is 0 Å². The summed E-state index contributed by atoms with van der Waals surface area (Å²) in [5.74, 6) is -2.01. The smallest absolute Gasteiger partial charge is 0.255 e. The summed E-state index contributed by atoms with van der Waals surface area (Å²) in [4.78, 5) is 24.2.